The van der Waals surface area contributed by atoms with Crippen molar-refractivity contribution in [1.29, 1.82) is 0 Å². The van der Waals surface area contributed by atoms with Crippen LogP contribution in [-0.4, -0.2) is 74.5 Å². The predicted molar refractivity (Wildman–Crippen MR) is 149 cm³/mol. The molecule has 0 bridgehead atoms. The van der Waals surface area contributed by atoms with Crippen LogP contribution < -0.4 is 5.32 Å². The molecule has 0 unspecified atom stereocenters. The number of hydrogen-bond donors (Lipinski definition) is 6. The summed E-state index contributed by atoms with van der Waals surface area (Å²) in [7, 11) is 4.41. The van der Waals surface area contributed by atoms with Crippen molar-refractivity contribution in [2.45, 2.75) is 61.6 Å². The number of aromatic nitrogens is 1. The van der Waals surface area contributed by atoms with Crippen LogP contribution in [0.25, 0.3) is 10.9 Å². The molecule has 0 radical (unpaired) electrons. The molecule has 3 aromatic rings. The third-order valence-electron chi connectivity index (χ3n) is 8.57. The summed E-state index contributed by atoms with van der Waals surface area (Å²) in [5.74, 6) is -5.19. The highest BCUT2D eigenvalue weighted by atomic mass is 19.1. The Bertz CT molecular complexity index is 1410. The molecule has 1 aliphatic heterocycles. The van der Waals surface area contributed by atoms with E-state index in [9.17, 15) is 18.8 Å². The van der Waals surface area contributed by atoms with Gasteiger partial charge in [-0.05, 0) is 75.5 Å². The van der Waals surface area contributed by atoms with E-state index in [-0.39, 0.29) is 16.9 Å². The standard InChI is InChI=1S/C24H28FN3.C6H8O7/c1-28(2)24(17-6-4-3-5-7-17)13-11-23(12-14-24)22-20(10-15-26-23)19-9-8-18(25)16-21(19)27-22;7-3(8)1-6(13,5(11)12)2-4(9)10/h3-9,16,26-27H,10-15H2,1-2H3;13H,1-2H2,(H,7,8)(H,9,10)(H,11,12). The van der Waals surface area contributed by atoms with E-state index in [0.29, 0.717) is 0 Å². The molecule has 11 heteroatoms. The van der Waals surface area contributed by atoms with E-state index < -0.39 is 36.4 Å². The second-order valence-corrected chi connectivity index (χ2v) is 11.2. The Balaban J connectivity index is 0.000000254. The number of fused-ring (bicyclic) bond motifs is 4. The number of carboxylic acids is 3. The molecule has 1 aliphatic carbocycles. The van der Waals surface area contributed by atoms with Crippen LogP contribution in [0.1, 0.15) is 55.3 Å². The van der Waals surface area contributed by atoms with Gasteiger partial charge >= 0.3 is 17.9 Å². The van der Waals surface area contributed by atoms with Gasteiger partial charge in [0.2, 0.25) is 0 Å². The molecule has 220 valence electrons. The molecule has 1 fully saturated rings. The van der Waals surface area contributed by atoms with E-state index >= 15 is 0 Å². The maximum atomic E-state index is 13.8. The van der Waals surface area contributed by atoms with E-state index in [1.165, 1.54) is 22.2 Å². The lowest BCUT2D eigenvalue weighted by Gasteiger charge is -2.51. The zero-order valence-electron chi connectivity index (χ0n) is 23.1. The van der Waals surface area contributed by atoms with Crippen LogP contribution >= 0.6 is 0 Å². The predicted octanol–water partition coefficient (Wildman–Crippen LogP) is 3.43. The Morgan fingerprint density at radius 3 is 2.10 bits per heavy atom. The molecule has 1 spiro atoms. The maximum absolute atomic E-state index is 13.8. The molecule has 0 amide bonds. The summed E-state index contributed by atoms with van der Waals surface area (Å²) < 4.78 is 13.8. The summed E-state index contributed by atoms with van der Waals surface area (Å²) in [6.45, 7) is 0.984. The molecule has 5 rings (SSSR count). The number of hydrogen-bond acceptors (Lipinski definition) is 6. The molecule has 2 aromatic carbocycles. The summed E-state index contributed by atoms with van der Waals surface area (Å²) in [6.07, 6.45) is 3.05. The van der Waals surface area contributed by atoms with Crippen LogP contribution in [0.3, 0.4) is 0 Å². The van der Waals surface area contributed by atoms with E-state index in [1.807, 2.05) is 6.07 Å². The van der Waals surface area contributed by atoms with Gasteiger partial charge in [-0.25, -0.2) is 9.18 Å². The number of rotatable bonds is 7. The zero-order chi connectivity index (χ0) is 30.0. The van der Waals surface area contributed by atoms with E-state index in [2.05, 4.69) is 59.6 Å². The summed E-state index contributed by atoms with van der Waals surface area (Å²) in [4.78, 5) is 36.5. The number of aliphatic hydroxyl groups is 1. The van der Waals surface area contributed by atoms with Gasteiger partial charge in [-0.2, -0.15) is 0 Å². The van der Waals surface area contributed by atoms with E-state index in [1.54, 1.807) is 12.1 Å². The molecule has 2 aliphatic rings. The van der Waals surface area contributed by atoms with Crippen molar-refractivity contribution < 1.29 is 39.2 Å². The monoisotopic (exact) mass is 569 g/mol. The molecule has 10 nitrogen and oxygen atoms in total. The Morgan fingerprint density at radius 1 is 0.951 bits per heavy atom. The number of halogens is 1. The number of H-pyrrole nitrogens is 1. The van der Waals surface area contributed by atoms with Crippen LogP contribution in [0, 0.1) is 5.82 Å². The molecule has 1 aromatic heterocycles. The molecule has 41 heavy (non-hydrogen) atoms. The van der Waals surface area contributed by atoms with Gasteiger partial charge in [0.1, 0.15) is 5.82 Å². The fraction of sp³-hybridized carbons (Fsp3) is 0.433. The van der Waals surface area contributed by atoms with Gasteiger partial charge in [0.25, 0.3) is 0 Å². The first kappa shape index (κ1) is 30.2. The number of carboxylic acid groups (broad SMARTS) is 3. The lowest BCUT2D eigenvalue weighted by Crippen LogP contribution is -2.55. The molecule has 0 atom stereocenters. The minimum absolute atomic E-state index is 0.0304. The third-order valence-corrected chi connectivity index (χ3v) is 8.57. The third kappa shape index (κ3) is 5.97. The average Bonchev–Trinajstić information content (AvgIpc) is 3.28. The highest BCUT2D eigenvalue weighted by Gasteiger charge is 2.48. The van der Waals surface area contributed by atoms with Gasteiger partial charge in [-0.15, -0.1) is 0 Å². The maximum Gasteiger partial charge on any atom is 0.336 e. The van der Waals surface area contributed by atoms with E-state index in [4.69, 9.17) is 20.4 Å². The quantitative estimate of drug-likeness (QED) is 0.250. The lowest BCUT2D eigenvalue weighted by molar-refractivity contribution is -0.170. The zero-order valence-corrected chi connectivity index (χ0v) is 23.1. The minimum Gasteiger partial charge on any atom is -0.481 e. The minimum atomic E-state index is -2.74. The molecule has 0 saturated heterocycles. The van der Waals surface area contributed by atoms with Gasteiger partial charge in [0.05, 0.1) is 18.4 Å². The van der Waals surface area contributed by atoms with Crippen LogP contribution in [0.2, 0.25) is 0 Å². The summed E-state index contributed by atoms with van der Waals surface area (Å²) in [6, 6.07) is 16.1. The summed E-state index contributed by atoms with van der Waals surface area (Å²) in [5.41, 5.74) is 2.31. The van der Waals surface area contributed by atoms with Crippen molar-refractivity contribution in [2.75, 3.05) is 20.6 Å². The SMILES string of the molecule is CN(C)C1(c2ccccc2)CCC2(CC1)NCCc1c2[nH]c2cc(F)ccc12.O=C(O)CC(O)(CC(=O)O)C(=O)O. The van der Waals surface area contributed by atoms with Crippen LogP contribution in [0.15, 0.2) is 48.5 Å². The normalized spacial score (nSPS) is 22.2. The molecule has 1 saturated carbocycles. The summed E-state index contributed by atoms with van der Waals surface area (Å²) in [5, 5.41) is 38.8. The molecule has 2 heterocycles. The smallest absolute Gasteiger partial charge is 0.336 e. The first-order valence-corrected chi connectivity index (χ1v) is 13.5. The lowest BCUT2D eigenvalue weighted by atomic mass is 9.66. The highest BCUT2D eigenvalue weighted by molar-refractivity contribution is 5.88. The van der Waals surface area contributed by atoms with Crippen molar-refractivity contribution in [3.8, 4) is 0 Å². The van der Waals surface area contributed by atoms with Crippen LogP contribution in [-0.2, 0) is 31.9 Å². The topological polar surface area (TPSA) is 163 Å². The summed E-state index contributed by atoms with van der Waals surface area (Å²) >= 11 is 0. The van der Waals surface area contributed by atoms with Crippen LogP contribution in [0.4, 0.5) is 4.39 Å². The first-order valence-electron chi connectivity index (χ1n) is 13.5. The van der Waals surface area contributed by atoms with Crippen LogP contribution in [0.5, 0.6) is 0 Å². The Hall–Kier alpha value is -3.80. The van der Waals surface area contributed by atoms with Crippen molar-refractivity contribution in [3.63, 3.8) is 0 Å². The number of nitrogens with zero attached hydrogens (tertiary/aromatic N) is 1. The van der Waals surface area contributed by atoms with Crippen molar-refractivity contribution >= 4 is 28.8 Å². The van der Waals surface area contributed by atoms with E-state index in [0.717, 1.165) is 44.2 Å². The second-order valence-electron chi connectivity index (χ2n) is 11.2. The van der Waals surface area contributed by atoms with Gasteiger partial charge < -0.3 is 30.7 Å². The fourth-order valence-electron chi connectivity index (χ4n) is 6.38. The number of aliphatic carboxylic acids is 3. The first-order chi connectivity index (χ1) is 19.3. The molecular weight excluding hydrogens is 533 g/mol. The van der Waals surface area contributed by atoms with Crippen molar-refractivity contribution in [3.05, 3.63) is 71.2 Å². The van der Waals surface area contributed by atoms with Gasteiger partial charge in [-0.3, -0.25) is 14.5 Å². The molecular formula is C30H36FN3O7. The fourth-order valence-corrected chi connectivity index (χ4v) is 6.38. The second kappa shape index (κ2) is 11.6. The Kier molecular flexibility index (Phi) is 8.53. The Labute approximate surface area is 236 Å². The highest BCUT2D eigenvalue weighted by Crippen LogP contribution is 2.50. The Morgan fingerprint density at radius 2 is 1.56 bits per heavy atom. The number of nitrogens with one attached hydrogen (secondary N) is 2. The van der Waals surface area contributed by atoms with Crippen molar-refractivity contribution in [2.24, 2.45) is 0 Å². The number of benzene rings is 2. The number of aromatic amines is 1. The average molecular weight is 570 g/mol. The molecule has 6 N–H and O–H groups in total. The largest absolute Gasteiger partial charge is 0.481 e. The van der Waals surface area contributed by atoms with Gasteiger partial charge in [0.15, 0.2) is 5.60 Å². The number of carbonyl (C=O) groups is 3. The van der Waals surface area contributed by atoms with Crippen molar-refractivity contribution in [1.82, 2.24) is 15.2 Å². The van der Waals surface area contributed by atoms with Gasteiger partial charge in [-0.1, -0.05) is 30.3 Å². The van der Waals surface area contributed by atoms with Gasteiger partial charge in [0, 0.05) is 28.7 Å².